The molecular formula is C13H17N3O2. The third-order valence-corrected chi connectivity index (χ3v) is 3.76. The number of anilines is 3. The molecule has 0 unspecified atom stereocenters. The van der Waals surface area contributed by atoms with Crippen molar-refractivity contribution in [1.82, 2.24) is 0 Å². The zero-order valence-corrected chi connectivity index (χ0v) is 10.4. The Hall–Kier alpha value is -1.91. The Morgan fingerprint density at radius 1 is 1.44 bits per heavy atom. The van der Waals surface area contributed by atoms with E-state index in [-0.39, 0.29) is 12.5 Å². The summed E-state index contributed by atoms with van der Waals surface area (Å²) in [4.78, 5) is 13.5. The Kier molecular flexibility index (Phi) is 2.54. The van der Waals surface area contributed by atoms with Crippen molar-refractivity contribution in [2.75, 3.05) is 29.6 Å². The third kappa shape index (κ3) is 1.75. The third-order valence-electron chi connectivity index (χ3n) is 3.76. The molecule has 0 saturated heterocycles. The number of hydrogen-bond acceptors (Lipinski definition) is 4. The highest BCUT2D eigenvalue weighted by Crippen LogP contribution is 2.39. The molecule has 1 aliphatic carbocycles. The molecule has 0 radical (unpaired) electrons. The summed E-state index contributed by atoms with van der Waals surface area (Å²) >= 11 is 0. The SMILES string of the molecule is CN(c1cc2c(cc1N)OCC(=O)N2)C1CCC1. The second-order valence-electron chi connectivity index (χ2n) is 4.94. The van der Waals surface area contributed by atoms with Crippen LogP contribution in [0, 0.1) is 0 Å². The van der Waals surface area contributed by atoms with Gasteiger partial charge in [-0.2, -0.15) is 0 Å². The summed E-state index contributed by atoms with van der Waals surface area (Å²) in [7, 11) is 2.05. The van der Waals surface area contributed by atoms with Gasteiger partial charge in [0.1, 0.15) is 5.75 Å². The van der Waals surface area contributed by atoms with Crippen LogP contribution in [0.2, 0.25) is 0 Å². The summed E-state index contributed by atoms with van der Waals surface area (Å²) in [6.45, 7) is 0.0598. The van der Waals surface area contributed by atoms with Gasteiger partial charge in [-0.3, -0.25) is 4.79 Å². The zero-order valence-electron chi connectivity index (χ0n) is 10.4. The van der Waals surface area contributed by atoms with Crippen LogP contribution in [0.1, 0.15) is 19.3 Å². The lowest BCUT2D eigenvalue weighted by Gasteiger charge is -2.37. The first kappa shape index (κ1) is 11.2. The van der Waals surface area contributed by atoms with Gasteiger partial charge in [-0.25, -0.2) is 0 Å². The van der Waals surface area contributed by atoms with E-state index in [0.29, 0.717) is 23.2 Å². The maximum absolute atomic E-state index is 11.3. The molecule has 0 aromatic heterocycles. The van der Waals surface area contributed by atoms with Crippen molar-refractivity contribution in [3.05, 3.63) is 12.1 Å². The van der Waals surface area contributed by atoms with E-state index < -0.39 is 0 Å². The zero-order chi connectivity index (χ0) is 12.7. The van der Waals surface area contributed by atoms with Crippen molar-refractivity contribution in [1.29, 1.82) is 0 Å². The maximum atomic E-state index is 11.3. The minimum atomic E-state index is -0.121. The molecule has 1 saturated carbocycles. The van der Waals surface area contributed by atoms with Crippen molar-refractivity contribution in [2.24, 2.45) is 0 Å². The molecule has 1 aromatic carbocycles. The topological polar surface area (TPSA) is 67.6 Å². The first-order valence-corrected chi connectivity index (χ1v) is 6.24. The number of carbonyl (C=O) groups is 1. The predicted octanol–water partition coefficient (Wildman–Crippen LogP) is 1.59. The summed E-state index contributed by atoms with van der Waals surface area (Å²) in [6, 6.07) is 4.25. The molecule has 0 bridgehead atoms. The van der Waals surface area contributed by atoms with E-state index >= 15 is 0 Å². The van der Waals surface area contributed by atoms with Gasteiger partial charge in [0.15, 0.2) is 6.61 Å². The van der Waals surface area contributed by atoms with Crippen molar-refractivity contribution in [2.45, 2.75) is 25.3 Å². The molecule has 1 aliphatic heterocycles. The lowest BCUT2D eigenvalue weighted by atomic mass is 9.91. The maximum Gasteiger partial charge on any atom is 0.262 e. The summed E-state index contributed by atoms with van der Waals surface area (Å²) in [5.41, 5.74) is 8.43. The van der Waals surface area contributed by atoms with Gasteiger partial charge in [0.25, 0.3) is 5.91 Å². The van der Waals surface area contributed by atoms with E-state index in [1.807, 2.05) is 13.1 Å². The average molecular weight is 247 g/mol. The molecule has 3 N–H and O–H groups in total. The summed E-state index contributed by atoms with van der Waals surface area (Å²) in [5, 5.41) is 2.81. The van der Waals surface area contributed by atoms with E-state index in [9.17, 15) is 4.79 Å². The number of nitrogen functional groups attached to an aromatic ring is 1. The molecule has 1 amide bonds. The first-order chi connectivity index (χ1) is 8.65. The Morgan fingerprint density at radius 2 is 2.22 bits per heavy atom. The highest BCUT2D eigenvalue weighted by molar-refractivity contribution is 5.97. The van der Waals surface area contributed by atoms with E-state index in [1.54, 1.807) is 6.07 Å². The molecule has 2 aliphatic rings. The largest absolute Gasteiger partial charge is 0.482 e. The van der Waals surface area contributed by atoms with Crippen molar-refractivity contribution in [3.8, 4) is 5.75 Å². The molecule has 3 rings (SSSR count). The Labute approximate surface area is 106 Å². The van der Waals surface area contributed by atoms with E-state index in [1.165, 1.54) is 19.3 Å². The lowest BCUT2D eigenvalue weighted by molar-refractivity contribution is -0.118. The molecule has 96 valence electrons. The molecule has 5 heteroatoms. The number of ether oxygens (including phenoxy) is 1. The molecule has 0 spiro atoms. The number of carbonyl (C=O) groups excluding carboxylic acids is 1. The second-order valence-corrected chi connectivity index (χ2v) is 4.94. The number of amides is 1. The van der Waals surface area contributed by atoms with Crippen molar-refractivity contribution in [3.63, 3.8) is 0 Å². The number of rotatable bonds is 2. The van der Waals surface area contributed by atoms with Crippen LogP contribution in [0.4, 0.5) is 17.1 Å². The van der Waals surface area contributed by atoms with Gasteiger partial charge < -0.3 is 20.7 Å². The van der Waals surface area contributed by atoms with Gasteiger partial charge >= 0.3 is 0 Å². The summed E-state index contributed by atoms with van der Waals surface area (Å²) in [5.74, 6) is 0.530. The Balaban J connectivity index is 1.94. The van der Waals surface area contributed by atoms with Crippen LogP contribution in [0.3, 0.4) is 0 Å². The van der Waals surface area contributed by atoms with Crippen LogP contribution < -0.4 is 20.7 Å². The van der Waals surface area contributed by atoms with Crippen LogP contribution in [0.25, 0.3) is 0 Å². The number of benzene rings is 1. The van der Waals surface area contributed by atoms with E-state index in [0.717, 1.165) is 5.69 Å². The van der Waals surface area contributed by atoms with Gasteiger partial charge in [-0.1, -0.05) is 0 Å². The van der Waals surface area contributed by atoms with Crippen LogP contribution in [-0.2, 0) is 4.79 Å². The minimum absolute atomic E-state index is 0.0598. The van der Waals surface area contributed by atoms with Gasteiger partial charge in [0.05, 0.1) is 17.1 Å². The van der Waals surface area contributed by atoms with Gasteiger partial charge in [-0.15, -0.1) is 0 Å². The molecule has 1 heterocycles. The minimum Gasteiger partial charge on any atom is -0.482 e. The number of hydrogen-bond donors (Lipinski definition) is 2. The molecule has 1 aromatic rings. The molecule has 1 fully saturated rings. The number of nitrogens with zero attached hydrogens (tertiary/aromatic N) is 1. The fourth-order valence-corrected chi connectivity index (χ4v) is 2.41. The predicted molar refractivity (Wildman–Crippen MR) is 71.0 cm³/mol. The monoisotopic (exact) mass is 247 g/mol. The molecule has 18 heavy (non-hydrogen) atoms. The molecule has 5 nitrogen and oxygen atoms in total. The first-order valence-electron chi connectivity index (χ1n) is 6.24. The smallest absolute Gasteiger partial charge is 0.262 e. The highest BCUT2D eigenvalue weighted by atomic mass is 16.5. The number of nitrogens with one attached hydrogen (secondary N) is 1. The van der Waals surface area contributed by atoms with Crippen LogP contribution in [-0.4, -0.2) is 25.6 Å². The standard InChI is InChI=1S/C13H17N3O2/c1-16(8-3-2-4-8)11-6-10-12(5-9(11)14)18-7-13(17)15-10/h5-6,8H,2-4,7,14H2,1H3,(H,15,17). The fourth-order valence-electron chi connectivity index (χ4n) is 2.41. The second kappa shape index (κ2) is 4.08. The van der Waals surface area contributed by atoms with Gasteiger partial charge in [-0.05, 0) is 25.3 Å². The van der Waals surface area contributed by atoms with Crippen LogP contribution in [0.5, 0.6) is 5.75 Å². The Morgan fingerprint density at radius 3 is 2.89 bits per heavy atom. The molecule has 0 atom stereocenters. The Bertz CT molecular complexity index is 497. The van der Waals surface area contributed by atoms with Gasteiger partial charge in [0, 0.05) is 19.2 Å². The fraction of sp³-hybridized carbons (Fsp3) is 0.462. The number of fused-ring (bicyclic) bond motifs is 1. The van der Waals surface area contributed by atoms with E-state index in [4.69, 9.17) is 10.5 Å². The summed E-state index contributed by atoms with van der Waals surface area (Å²) in [6.07, 6.45) is 3.69. The summed E-state index contributed by atoms with van der Waals surface area (Å²) < 4.78 is 5.34. The average Bonchev–Trinajstić information content (AvgIpc) is 2.26. The van der Waals surface area contributed by atoms with Crippen molar-refractivity contribution < 1.29 is 9.53 Å². The van der Waals surface area contributed by atoms with Crippen molar-refractivity contribution >= 4 is 23.0 Å². The highest BCUT2D eigenvalue weighted by Gasteiger charge is 2.25. The van der Waals surface area contributed by atoms with Crippen LogP contribution >= 0.6 is 0 Å². The van der Waals surface area contributed by atoms with Crippen LogP contribution in [0.15, 0.2) is 12.1 Å². The molecular weight excluding hydrogens is 230 g/mol. The van der Waals surface area contributed by atoms with Gasteiger partial charge in [0.2, 0.25) is 0 Å². The normalized spacial score (nSPS) is 18.4. The van der Waals surface area contributed by atoms with E-state index in [2.05, 4.69) is 10.2 Å². The number of nitrogens with two attached hydrogens (primary N) is 1. The quantitative estimate of drug-likeness (QED) is 0.779. The lowest BCUT2D eigenvalue weighted by Crippen LogP contribution is -2.37.